The third-order valence-corrected chi connectivity index (χ3v) is 5.89. The molecule has 0 aromatic heterocycles. The molecule has 0 saturated carbocycles. The monoisotopic (exact) mass is 232 g/mol. The summed E-state index contributed by atoms with van der Waals surface area (Å²) in [4.78, 5) is 11.9. The zero-order valence-corrected chi connectivity index (χ0v) is 10.9. The standard InChI is InChI=1S/C11H20OS2/c1-4-8(2)7-10(12)11-9(3)13-5-6-14-11/h8-9,11H,4-7H2,1-3H3. The smallest absolute Gasteiger partial charge is 0.147 e. The van der Waals surface area contributed by atoms with Crippen LogP contribution >= 0.6 is 23.5 Å². The summed E-state index contributed by atoms with van der Waals surface area (Å²) in [6.45, 7) is 6.52. The maximum absolute atomic E-state index is 11.9. The first-order valence-corrected chi connectivity index (χ1v) is 7.50. The lowest BCUT2D eigenvalue weighted by Gasteiger charge is -2.27. The van der Waals surface area contributed by atoms with Gasteiger partial charge in [0.15, 0.2) is 0 Å². The van der Waals surface area contributed by atoms with Gasteiger partial charge in [-0.25, -0.2) is 0 Å². The fourth-order valence-electron chi connectivity index (χ4n) is 1.59. The summed E-state index contributed by atoms with van der Waals surface area (Å²) in [5, 5.41) is 0.785. The van der Waals surface area contributed by atoms with Crippen LogP contribution in [0.4, 0.5) is 0 Å². The highest BCUT2D eigenvalue weighted by molar-refractivity contribution is 8.07. The van der Waals surface area contributed by atoms with Crippen LogP contribution in [0.1, 0.15) is 33.6 Å². The second-order valence-electron chi connectivity index (χ2n) is 4.05. The number of Topliss-reactive ketones (excluding diaryl/α,β-unsaturated/α-hetero) is 1. The van der Waals surface area contributed by atoms with Crippen LogP contribution in [0.25, 0.3) is 0 Å². The molecule has 0 radical (unpaired) electrons. The molecule has 0 N–H and O–H groups in total. The second-order valence-corrected chi connectivity index (χ2v) is 6.79. The van der Waals surface area contributed by atoms with Gasteiger partial charge < -0.3 is 0 Å². The van der Waals surface area contributed by atoms with Gasteiger partial charge in [-0.05, 0) is 5.92 Å². The topological polar surface area (TPSA) is 17.1 Å². The molecular weight excluding hydrogens is 212 g/mol. The molecule has 3 heteroatoms. The molecule has 1 fully saturated rings. The fraction of sp³-hybridized carbons (Fsp3) is 0.909. The van der Waals surface area contributed by atoms with Crippen LogP contribution in [0, 0.1) is 5.92 Å². The summed E-state index contributed by atoms with van der Waals surface area (Å²) in [5.74, 6) is 3.39. The van der Waals surface area contributed by atoms with E-state index in [4.69, 9.17) is 0 Å². The van der Waals surface area contributed by atoms with Gasteiger partial charge in [0.1, 0.15) is 5.78 Å². The minimum atomic E-state index is 0.266. The summed E-state index contributed by atoms with van der Waals surface area (Å²) < 4.78 is 0. The summed E-state index contributed by atoms with van der Waals surface area (Å²) in [6.07, 6.45) is 1.89. The zero-order valence-electron chi connectivity index (χ0n) is 9.29. The normalized spacial score (nSPS) is 29.9. The molecule has 1 heterocycles. The van der Waals surface area contributed by atoms with Crippen LogP contribution in [0.15, 0.2) is 0 Å². The molecule has 14 heavy (non-hydrogen) atoms. The van der Waals surface area contributed by atoms with E-state index >= 15 is 0 Å². The molecule has 1 aliphatic rings. The van der Waals surface area contributed by atoms with Gasteiger partial charge in [-0.2, -0.15) is 11.8 Å². The molecule has 0 aromatic rings. The van der Waals surface area contributed by atoms with Crippen molar-refractivity contribution < 1.29 is 4.79 Å². The molecule has 0 spiro atoms. The number of carbonyl (C=O) groups excluding carboxylic acids is 1. The van der Waals surface area contributed by atoms with E-state index in [1.165, 1.54) is 5.75 Å². The number of thioether (sulfide) groups is 2. The first kappa shape index (κ1) is 12.4. The molecule has 0 aliphatic carbocycles. The summed E-state index contributed by atoms with van der Waals surface area (Å²) in [7, 11) is 0. The van der Waals surface area contributed by atoms with Gasteiger partial charge in [0.2, 0.25) is 0 Å². The number of rotatable bonds is 4. The number of hydrogen-bond acceptors (Lipinski definition) is 3. The molecule has 1 saturated heterocycles. The maximum Gasteiger partial charge on any atom is 0.147 e. The quantitative estimate of drug-likeness (QED) is 0.741. The third-order valence-electron chi connectivity index (χ3n) is 2.75. The van der Waals surface area contributed by atoms with E-state index in [-0.39, 0.29) is 5.25 Å². The van der Waals surface area contributed by atoms with Crippen molar-refractivity contribution in [2.24, 2.45) is 5.92 Å². The van der Waals surface area contributed by atoms with Crippen LogP contribution in [0.5, 0.6) is 0 Å². The Morgan fingerprint density at radius 1 is 1.43 bits per heavy atom. The number of ketones is 1. The Hall–Kier alpha value is 0.370. The Balaban J connectivity index is 2.42. The minimum Gasteiger partial charge on any atom is -0.298 e. The Morgan fingerprint density at radius 2 is 2.07 bits per heavy atom. The predicted molar refractivity (Wildman–Crippen MR) is 67.2 cm³/mol. The molecular formula is C11H20OS2. The predicted octanol–water partition coefficient (Wildman–Crippen LogP) is 3.23. The van der Waals surface area contributed by atoms with Gasteiger partial charge in [0.05, 0.1) is 5.25 Å². The molecule has 0 amide bonds. The lowest BCUT2D eigenvalue weighted by Crippen LogP contribution is -2.31. The van der Waals surface area contributed by atoms with Crippen molar-refractivity contribution in [2.75, 3.05) is 11.5 Å². The molecule has 1 aliphatic heterocycles. The van der Waals surface area contributed by atoms with Crippen LogP contribution in [-0.2, 0) is 4.79 Å². The molecule has 1 nitrogen and oxygen atoms in total. The van der Waals surface area contributed by atoms with E-state index < -0.39 is 0 Å². The average Bonchev–Trinajstić information content (AvgIpc) is 2.18. The molecule has 0 aromatic carbocycles. The van der Waals surface area contributed by atoms with E-state index in [9.17, 15) is 4.79 Å². The highest BCUT2D eigenvalue weighted by Crippen LogP contribution is 2.32. The highest BCUT2D eigenvalue weighted by Gasteiger charge is 2.29. The lowest BCUT2D eigenvalue weighted by atomic mass is 9.99. The first-order valence-electron chi connectivity index (χ1n) is 5.41. The van der Waals surface area contributed by atoms with Crippen LogP contribution in [0.3, 0.4) is 0 Å². The van der Waals surface area contributed by atoms with Crippen molar-refractivity contribution in [3.05, 3.63) is 0 Å². The van der Waals surface area contributed by atoms with Gasteiger partial charge in [0.25, 0.3) is 0 Å². The Morgan fingerprint density at radius 3 is 2.64 bits per heavy atom. The van der Waals surface area contributed by atoms with Gasteiger partial charge in [-0.15, -0.1) is 11.8 Å². The molecule has 0 bridgehead atoms. The third kappa shape index (κ3) is 3.50. The molecule has 82 valence electrons. The maximum atomic E-state index is 11.9. The van der Waals surface area contributed by atoms with Gasteiger partial charge in [-0.3, -0.25) is 4.79 Å². The van der Waals surface area contributed by atoms with Gasteiger partial charge in [0, 0.05) is 23.2 Å². The zero-order chi connectivity index (χ0) is 10.6. The van der Waals surface area contributed by atoms with Crippen molar-refractivity contribution in [1.29, 1.82) is 0 Å². The van der Waals surface area contributed by atoms with E-state index in [1.807, 2.05) is 23.5 Å². The molecule has 3 unspecified atom stereocenters. The summed E-state index contributed by atoms with van der Waals surface area (Å²) >= 11 is 3.81. The number of hydrogen-bond donors (Lipinski definition) is 0. The Bertz CT molecular complexity index is 194. The first-order chi connectivity index (χ1) is 6.65. The lowest BCUT2D eigenvalue weighted by molar-refractivity contribution is -0.119. The minimum absolute atomic E-state index is 0.266. The van der Waals surface area contributed by atoms with Crippen molar-refractivity contribution in [3.8, 4) is 0 Å². The van der Waals surface area contributed by atoms with Crippen LogP contribution < -0.4 is 0 Å². The molecule has 1 rings (SSSR count). The van der Waals surface area contributed by atoms with Crippen molar-refractivity contribution >= 4 is 29.3 Å². The SMILES string of the molecule is CCC(C)CC(=O)C1SCCSC1C. The van der Waals surface area contributed by atoms with E-state index in [1.54, 1.807) is 0 Å². The Labute approximate surface area is 95.8 Å². The summed E-state index contributed by atoms with van der Waals surface area (Å²) in [6, 6.07) is 0. The second kappa shape index (κ2) is 6.06. The van der Waals surface area contributed by atoms with Crippen molar-refractivity contribution in [1.82, 2.24) is 0 Å². The fourth-order valence-corrected chi connectivity index (χ4v) is 4.34. The Kier molecular flexibility index (Phi) is 5.39. The van der Waals surface area contributed by atoms with E-state index in [2.05, 4.69) is 20.8 Å². The van der Waals surface area contributed by atoms with Crippen molar-refractivity contribution in [2.45, 2.75) is 44.1 Å². The van der Waals surface area contributed by atoms with Gasteiger partial charge in [-0.1, -0.05) is 27.2 Å². The largest absolute Gasteiger partial charge is 0.298 e. The van der Waals surface area contributed by atoms with E-state index in [0.29, 0.717) is 17.0 Å². The average molecular weight is 232 g/mol. The van der Waals surface area contributed by atoms with Gasteiger partial charge >= 0.3 is 0 Å². The molecule has 3 atom stereocenters. The van der Waals surface area contributed by atoms with E-state index in [0.717, 1.165) is 18.6 Å². The van der Waals surface area contributed by atoms with Crippen LogP contribution in [0.2, 0.25) is 0 Å². The highest BCUT2D eigenvalue weighted by atomic mass is 32.2. The number of carbonyl (C=O) groups is 1. The van der Waals surface area contributed by atoms with Crippen LogP contribution in [-0.4, -0.2) is 27.8 Å². The van der Waals surface area contributed by atoms with Crippen molar-refractivity contribution in [3.63, 3.8) is 0 Å². The summed E-state index contributed by atoms with van der Waals surface area (Å²) in [5.41, 5.74) is 0.